The summed E-state index contributed by atoms with van der Waals surface area (Å²) >= 11 is 0. The Morgan fingerprint density at radius 3 is 1.84 bits per heavy atom. The maximum absolute atomic E-state index is 4.87. The Kier molecular flexibility index (Phi) is 3.07. The maximum Gasteiger partial charge on any atom is 0.159 e. The van der Waals surface area contributed by atoms with Gasteiger partial charge in [0.2, 0.25) is 0 Å². The molecule has 1 N–H and O–H groups in total. The first-order chi connectivity index (χ1) is 12.4. The summed E-state index contributed by atoms with van der Waals surface area (Å²) < 4.78 is 0. The lowest BCUT2D eigenvalue weighted by atomic mass is 10.1. The highest BCUT2D eigenvalue weighted by Crippen LogP contribution is 2.30. The van der Waals surface area contributed by atoms with Crippen molar-refractivity contribution >= 4 is 22.1 Å². The van der Waals surface area contributed by atoms with E-state index >= 15 is 0 Å². The van der Waals surface area contributed by atoms with Gasteiger partial charge in [-0.25, -0.2) is 15.0 Å². The number of fused-ring (bicyclic) bond motifs is 2. The molecular weight excluding hydrogens is 308 g/mol. The van der Waals surface area contributed by atoms with Crippen LogP contribution >= 0.6 is 0 Å². The zero-order valence-electron chi connectivity index (χ0n) is 13.3. The van der Waals surface area contributed by atoms with Crippen LogP contribution in [-0.4, -0.2) is 19.9 Å². The number of aromatic nitrogens is 4. The predicted molar refractivity (Wildman–Crippen MR) is 100 cm³/mol. The number of hydrogen-bond acceptors (Lipinski definition) is 3. The number of imidazole rings is 1. The van der Waals surface area contributed by atoms with Gasteiger partial charge in [0.1, 0.15) is 11.4 Å². The molecule has 2 aromatic heterocycles. The van der Waals surface area contributed by atoms with E-state index in [0.29, 0.717) is 0 Å². The molecule has 0 saturated carbocycles. The molecule has 25 heavy (non-hydrogen) atoms. The molecule has 0 atom stereocenters. The van der Waals surface area contributed by atoms with Gasteiger partial charge in [-0.15, -0.1) is 0 Å². The van der Waals surface area contributed by atoms with E-state index in [9.17, 15) is 0 Å². The summed E-state index contributed by atoms with van der Waals surface area (Å²) in [7, 11) is 0. The highest BCUT2D eigenvalue weighted by molar-refractivity contribution is 5.87. The molecule has 0 radical (unpaired) electrons. The van der Waals surface area contributed by atoms with Crippen molar-refractivity contribution in [2.24, 2.45) is 0 Å². The van der Waals surface area contributed by atoms with Crippen LogP contribution in [0.1, 0.15) is 0 Å². The quantitative estimate of drug-likeness (QED) is 0.506. The molecule has 0 aliphatic carbocycles. The van der Waals surface area contributed by atoms with Crippen LogP contribution in [0.25, 0.3) is 44.8 Å². The predicted octanol–water partition coefficient (Wildman–Crippen LogP) is 4.84. The largest absolute Gasteiger partial charge is 0.337 e. The van der Waals surface area contributed by atoms with Crippen LogP contribution in [0, 0.1) is 0 Å². The zero-order valence-corrected chi connectivity index (χ0v) is 13.3. The van der Waals surface area contributed by atoms with E-state index in [1.54, 1.807) is 0 Å². The van der Waals surface area contributed by atoms with E-state index in [1.807, 2.05) is 78.9 Å². The van der Waals surface area contributed by atoms with Crippen LogP contribution in [-0.2, 0) is 0 Å². The van der Waals surface area contributed by atoms with E-state index in [-0.39, 0.29) is 0 Å². The number of nitrogens with zero attached hydrogens (tertiary/aromatic N) is 3. The fraction of sp³-hybridized carbons (Fsp3) is 0. The van der Waals surface area contributed by atoms with Gasteiger partial charge in [-0.3, -0.25) is 0 Å². The molecule has 0 saturated heterocycles. The monoisotopic (exact) mass is 322 g/mol. The van der Waals surface area contributed by atoms with E-state index in [4.69, 9.17) is 15.0 Å². The third-order valence-electron chi connectivity index (χ3n) is 4.23. The lowest BCUT2D eigenvalue weighted by Gasteiger charge is -2.08. The molecule has 3 aromatic carbocycles. The fourth-order valence-electron chi connectivity index (χ4n) is 3.03. The van der Waals surface area contributed by atoms with Gasteiger partial charge in [-0.05, 0) is 24.3 Å². The normalized spacial score (nSPS) is 11.2. The number of rotatable bonds is 2. The SMILES string of the molecule is c1ccc(-c2nc3ccccc3nc2-c2nc3ccccc3[nH]2)cc1. The Morgan fingerprint density at radius 2 is 1.12 bits per heavy atom. The van der Waals surface area contributed by atoms with Crippen LogP contribution in [0.15, 0.2) is 78.9 Å². The standard InChI is InChI=1S/C21H14N4/c1-2-8-14(9-3-1)19-20(23-16-11-5-4-10-15(16)22-19)21-24-17-12-6-7-13-18(17)25-21/h1-13H,(H,24,25). The van der Waals surface area contributed by atoms with Crippen molar-refractivity contribution in [2.45, 2.75) is 0 Å². The maximum atomic E-state index is 4.87. The molecule has 0 spiro atoms. The lowest BCUT2D eigenvalue weighted by Crippen LogP contribution is -1.96. The number of benzene rings is 3. The summed E-state index contributed by atoms with van der Waals surface area (Å²) in [5.41, 5.74) is 6.27. The second kappa shape index (κ2) is 5.53. The molecule has 2 heterocycles. The minimum Gasteiger partial charge on any atom is -0.337 e. The molecule has 0 unspecified atom stereocenters. The van der Waals surface area contributed by atoms with Gasteiger partial charge >= 0.3 is 0 Å². The average molecular weight is 322 g/mol. The van der Waals surface area contributed by atoms with Crippen LogP contribution in [0.3, 0.4) is 0 Å². The first-order valence-electron chi connectivity index (χ1n) is 8.16. The van der Waals surface area contributed by atoms with Crippen molar-refractivity contribution in [1.29, 1.82) is 0 Å². The van der Waals surface area contributed by atoms with Crippen LogP contribution < -0.4 is 0 Å². The molecule has 0 aliphatic heterocycles. The first kappa shape index (κ1) is 13.9. The van der Waals surface area contributed by atoms with Gasteiger partial charge in [0.05, 0.1) is 22.1 Å². The molecule has 5 rings (SSSR count). The molecule has 0 aliphatic rings. The van der Waals surface area contributed by atoms with Gasteiger partial charge in [0.15, 0.2) is 5.82 Å². The summed E-state index contributed by atoms with van der Waals surface area (Å²) in [6.07, 6.45) is 0. The molecule has 0 bridgehead atoms. The third kappa shape index (κ3) is 2.35. The Labute approximate surface area is 144 Å². The van der Waals surface area contributed by atoms with Gasteiger partial charge in [0, 0.05) is 5.56 Å². The second-order valence-corrected chi connectivity index (χ2v) is 5.88. The summed E-state index contributed by atoms with van der Waals surface area (Å²) in [5.74, 6) is 0.735. The summed E-state index contributed by atoms with van der Waals surface area (Å²) in [6, 6.07) is 26.0. The average Bonchev–Trinajstić information content (AvgIpc) is 3.12. The van der Waals surface area contributed by atoms with Crippen molar-refractivity contribution in [3.8, 4) is 22.8 Å². The van der Waals surface area contributed by atoms with Crippen molar-refractivity contribution in [1.82, 2.24) is 19.9 Å². The lowest BCUT2D eigenvalue weighted by molar-refractivity contribution is 1.23. The topological polar surface area (TPSA) is 54.5 Å². The van der Waals surface area contributed by atoms with Gasteiger partial charge < -0.3 is 4.98 Å². The minimum absolute atomic E-state index is 0.735. The zero-order chi connectivity index (χ0) is 16.6. The minimum atomic E-state index is 0.735. The Hall–Kier alpha value is -3.53. The number of para-hydroxylation sites is 4. The molecule has 4 nitrogen and oxygen atoms in total. The third-order valence-corrected chi connectivity index (χ3v) is 4.23. The summed E-state index contributed by atoms with van der Waals surface area (Å²) in [6.45, 7) is 0. The first-order valence-corrected chi connectivity index (χ1v) is 8.16. The smallest absolute Gasteiger partial charge is 0.159 e. The van der Waals surface area contributed by atoms with Crippen molar-refractivity contribution in [3.63, 3.8) is 0 Å². The fourth-order valence-corrected chi connectivity index (χ4v) is 3.03. The molecule has 0 fully saturated rings. The number of H-pyrrole nitrogens is 1. The molecule has 5 aromatic rings. The molecule has 118 valence electrons. The Bertz CT molecular complexity index is 1160. The van der Waals surface area contributed by atoms with Gasteiger partial charge in [-0.1, -0.05) is 54.6 Å². The van der Waals surface area contributed by atoms with E-state index in [1.165, 1.54) is 0 Å². The summed E-state index contributed by atoms with van der Waals surface area (Å²) in [4.78, 5) is 17.8. The highest BCUT2D eigenvalue weighted by atomic mass is 15.0. The van der Waals surface area contributed by atoms with E-state index < -0.39 is 0 Å². The van der Waals surface area contributed by atoms with E-state index in [2.05, 4.69) is 4.98 Å². The van der Waals surface area contributed by atoms with E-state index in [0.717, 1.165) is 44.8 Å². The molecular formula is C21H14N4. The van der Waals surface area contributed by atoms with Crippen molar-refractivity contribution in [3.05, 3.63) is 78.9 Å². The summed E-state index contributed by atoms with van der Waals surface area (Å²) in [5, 5.41) is 0. The highest BCUT2D eigenvalue weighted by Gasteiger charge is 2.16. The van der Waals surface area contributed by atoms with Crippen LogP contribution in [0.2, 0.25) is 0 Å². The Balaban J connectivity index is 1.83. The van der Waals surface area contributed by atoms with Crippen molar-refractivity contribution < 1.29 is 0 Å². The van der Waals surface area contributed by atoms with Gasteiger partial charge in [-0.2, -0.15) is 0 Å². The number of hydrogen-bond donors (Lipinski definition) is 1. The van der Waals surface area contributed by atoms with Gasteiger partial charge in [0.25, 0.3) is 0 Å². The number of aromatic amines is 1. The second-order valence-electron chi connectivity index (χ2n) is 5.88. The van der Waals surface area contributed by atoms with Crippen molar-refractivity contribution in [2.75, 3.05) is 0 Å². The number of nitrogens with one attached hydrogen (secondary N) is 1. The molecule has 4 heteroatoms. The molecule has 0 amide bonds. The van der Waals surface area contributed by atoms with Crippen LogP contribution in [0.5, 0.6) is 0 Å². The Morgan fingerprint density at radius 1 is 0.520 bits per heavy atom. The van der Waals surface area contributed by atoms with Crippen LogP contribution in [0.4, 0.5) is 0 Å².